The number of hydrogen-bond acceptors (Lipinski definition) is 4. The van der Waals surface area contributed by atoms with Gasteiger partial charge in [0.1, 0.15) is 5.76 Å². The van der Waals surface area contributed by atoms with E-state index < -0.39 is 0 Å². The molecule has 0 radical (unpaired) electrons. The number of rotatable bonds is 5. The van der Waals surface area contributed by atoms with Crippen molar-refractivity contribution in [3.05, 3.63) is 24.2 Å². The van der Waals surface area contributed by atoms with Crippen molar-refractivity contribution in [1.82, 2.24) is 15.5 Å². The minimum atomic E-state index is 0.0980. The standard InChI is InChI=1S/C16H25N3O2/c1-12-9-17-10-13(12)16(20)18-11-14(15-5-4-8-21-15)19-6-2-3-7-19/h4-5,8,12-14,17H,2-3,6-7,9-11H2,1H3,(H,18,20). The first-order valence-electron chi connectivity index (χ1n) is 8.01. The third-order valence-corrected chi connectivity index (χ3v) is 4.78. The van der Waals surface area contributed by atoms with Gasteiger partial charge in [-0.2, -0.15) is 0 Å². The van der Waals surface area contributed by atoms with Crippen LogP contribution in [0.4, 0.5) is 0 Å². The summed E-state index contributed by atoms with van der Waals surface area (Å²) >= 11 is 0. The average molecular weight is 291 g/mol. The largest absolute Gasteiger partial charge is 0.468 e. The highest BCUT2D eigenvalue weighted by atomic mass is 16.3. The van der Waals surface area contributed by atoms with E-state index in [1.807, 2.05) is 12.1 Å². The van der Waals surface area contributed by atoms with E-state index in [4.69, 9.17) is 4.42 Å². The van der Waals surface area contributed by atoms with E-state index in [9.17, 15) is 4.79 Å². The van der Waals surface area contributed by atoms with Crippen LogP contribution in [0.5, 0.6) is 0 Å². The summed E-state index contributed by atoms with van der Waals surface area (Å²) in [5.74, 6) is 1.64. The monoisotopic (exact) mass is 291 g/mol. The topological polar surface area (TPSA) is 57.5 Å². The molecule has 3 atom stereocenters. The molecule has 1 aromatic heterocycles. The number of amides is 1. The highest BCUT2D eigenvalue weighted by Crippen LogP contribution is 2.25. The molecular weight excluding hydrogens is 266 g/mol. The molecule has 2 aliphatic heterocycles. The van der Waals surface area contributed by atoms with E-state index in [0.29, 0.717) is 12.5 Å². The van der Waals surface area contributed by atoms with Crippen molar-refractivity contribution in [1.29, 1.82) is 0 Å². The normalized spacial score (nSPS) is 27.9. The second-order valence-electron chi connectivity index (χ2n) is 6.26. The van der Waals surface area contributed by atoms with Gasteiger partial charge < -0.3 is 15.1 Å². The molecule has 0 spiro atoms. The zero-order valence-corrected chi connectivity index (χ0v) is 12.7. The molecule has 21 heavy (non-hydrogen) atoms. The molecule has 3 heterocycles. The second-order valence-corrected chi connectivity index (χ2v) is 6.26. The van der Waals surface area contributed by atoms with Gasteiger partial charge >= 0.3 is 0 Å². The fraction of sp³-hybridized carbons (Fsp3) is 0.688. The molecule has 116 valence electrons. The molecule has 1 amide bonds. The van der Waals surface area contributed by atoms with E-state index in [0.717, 1.165) is 31.9 Å². The van der Waals surface area contributed by atoms with Gasteiger partial charge in [-0.3, -0.25) is 9.69 Å². The predicted octanol–water partition coefficient (Wildman–Crippen LogP) is 1.39. The van der Waals surface area contributed by atoms with Crippen LogP contribution < -0.4 is 10.6 Å². The lowest BCUT2D eigenvalue weighted by molar-refractivity contribution is -0.125. The number of hydrogen-bond donors (Lipinski definition) is 2. The van der Waals surface area contributed by atoms with Crippen LogP contribution >= 0.6 is 0 Å². The fourth-order valence-corrected chi connectivity index (χ4v) is 3.43. The molecule has 0 saturated carbocycles. The Labute approximate surface area is 126 Å². The molecule has 2 aliphatic rings. The van der Waals surface area contributed by atoms with Gasteiger partial charge in [0.25, 0.3) is 0 Å². The van der Waals surface area contributed by atoms with Gasteiger partial charge in [0, 0.05) is 13.1 Å². The van der Waals surface area contributed by atoms with E-state index in [1.54, 1.807) is 6.26 Å². The molecule has 3 unspecified atom stereocenters. The molecule has 1 aromatic rings. The van der Waals surface area contributed by atoms with Gasteiger partial charge in [0.15, 0.2) is 0 Å². The first-order valence-corrected chi connectivity index (χ1v) is 8.01. The number of nitrogens with zero attached hydrogens (tertiary/aromatic N) is 1. The Bertz CT molecular complexity index is 454. The van der Waals surface area contributed by atoms with Crippen LogP contribution in [0.3, 0.4) is 0 Å². The molecular formula is C16H25N3O2. The molecule has 0 aliphatic carbocycles. The van der Waals surface area contributed by atoms with E-state index in [-0.39, 0.29) is 17.9 Å². The number of carbonyl (C=O) groups is 1. The highest BCUT2D eigenvalue weighted by molar-refractivity contribution is 5.79. The summed E-state index contributed by atoms with van der Waals surface area (Å²) in [5.41, 5.74) is 0. The summed E-state index contributed by atoms with van der Waals surface area (Å²) < 4.78 is 5.58. The summed E-state index contributed by atoms with van der Waals surface area (Å²) in [6.45, 7) is 6.67. The Morgan fingerprint density at radius 2 is 2.29 bits per heavy atom. The molecule has 5 nitrogen and oxygen atoms in total. The maximum atomic E-state index is 12.3. The molecule has 0 aromatic carbocycles. The van der Waals surface area contributed by atoms with E-state index in [1.165, 1.54) is 12.8 Å². The summed E-state index contributed by atoms with van der Waals surface area (Å²) in [6, 6.07) is 4.09. The van der Waals surface area contributed by atoms with Crippen molar-refractivity contribution >= 4 is 5.91 Å². The van der Waals surface area contributed by atoms with E-state index >= 15 is 0 Å². The number of carbonyl (C=O) groups excluding carboxylic acids is 1. The van der Waals surface area contributed by atoms with E-state index in [2.05, 4.69) is 22.5 Å². The second kappa shape index (κ2) is 6.62. The SMILES string of the molecule is CC1CNCC1C(=O)NCC(c1ccco1)N1CCCC1. The van der Waals surface area contributed by atoms with Gasteiger partial charge in [0.05, 0.1) is 18.2 Å². The Hall–Kier alpha value is -1.33. The molecule has 2 fully saturated rings. The van der Waals surface area contributed by atoms with Gasteiger partial charge in [-0.05, 0) is 50.5 Å². The Kier molecular flexibility index (Phi) is 4.60. The molecule has 3 rings (SSSR count). The quantitative estimate of drug-likeness (QED) is 0.861. The van der Waals surface area contributed by atoms with Gasteiger partial charge in [0.2, 0.25) is 5.91 Å². The molecule has 5 heteroatoms. The van der Waals surface area contributed by atoms with Crippen LogP contribution in [0, 0.1) is 11.8 Å². The van der Waals surface area contributed by atoms with Crippen LogP contribution in [0.2, 0.25) is 0 Å². The maximum absolute atomic E-state index is 12.3. The van der Waals surface area contributed by atoms with Crippen molar-refractivity contribution in [3.63, 3.8) is 0 Å². The zero-order chi connectivity index (χ0) is 14.7. The first kappa shape index (κ1) is 14.6. The Morgan fingerprint density at radius 3 is 2.90 bits per heavy atom. The molecule has 2 saturated heterocycles. The van der Waals surface area contributed by atoms with Gasteiger partial charge in [-0.1, -0.05) is 6.92 Å². The van der Waals surface area contributed by atoms with Crippen LogP contribution in [0.15, 0.2) is 22.8 Å². The highest BCUT2D eigenvalue weighted by Gasteiger charge is 2.31. The lowest BCUT2D eigenvalue weighted by Crippen LogP contribution is -2.40. The van der Waals surface area contributed by atoms with Crippen LogP contribution in [-0.4, -0.2) is 43.5 Å². The summed E-state index contributed by atoms with van der Waals surface area (Å²) in [6.07, 6.45) is 4.17. The summed E-state index contributed by atoms with van der Waals surface area (Å²) in [7, 11) is 0. The number of likely N-dealkylation sites (tertiary alicyclic amines) is 1. The minimum Gasteiger partial charge on any atom is -0.468 e. The molecule has 2 N–H and O–H groups in total. The Morgan fingerprint density at radius 1 is 1.48 bits per heavy atom. The van der Waals surface area contributed by atoms with Crippen molar-refractivity contribution < 1.29 is 9.21 Å². The number of furan rings is 1. The Balaban J connectivity index is 1.60. The lowest BCUT2D eigenvalue weighted by Gasteiger charge is -2.26. The van der Waals surface area contributed by atoms with Crippen LogP contribution in [0.25, 0.3) is 0 Å². The zero-order valence-electron chi connectivity index (χ0n) is 12.7. The van der Waals surface area contributed by atoms with Gasteiger partial charge in [-0.25, -0.2) is 0 Å². The van der Waals surface area contributed by atoms with Crippen LogP contribution in [-0.2, 0) is 4.79 Å². The van der Waals surface area contributed by atoms with Crippen molar-refractivity contribution in [2.75, 3.05) is 32.7 Å². The smallest absolute Gasteiger partial charge is 0.224 e. The third-order valence-electron chi connectivity index (χ3n) is 4.78. The molecule has 0 bridgehead atoms. The minimum absolute atomic E-state index is 0.0980. The predicted molar refractivity (Wildman–Crippen MR) is 80.8 cm³/mol. The van der Waals surface area contributed by atoms with Gasteiger partial charge in [-0.15, -0.1) is 0 Å². The van der Waals surface area contributed by atoms with Crippen molar-refractivity contribution in [3.8, 4) is 0 Å². The summed E-state index contributed by atoms with van der Waals surface area (Å²) in [4.78, 5) is 14.8. The number of nitrogens with one attached hydrogen (secondary N) is 2. The van der Waals surface area contributed by atoms with Crippen LogP contribution in [0.1, 0.15) is 31.6 Å². The summed E-state index contributed by atoms with van der Waals surface area (Å²) in [5, 5.41) is 6.42. The lowest BCUT2D eigenvalue weighted by atomic mass is 9.97. The van der Waals surface area contributed by atoms with Crippen molar-refractivity contribution in [2.45, 2.75) is 25.8 Å². The van der Waals surface area contributed by atoms with Crippen molar-refractivity contribution in [2.24, 2.45) is 11.8 Å². The maximum Gasteiger partial charge on any atom is 0.224 e. The average Bonchev–Trinajstić information content (AvgIpc) is 3.21. The first-order chi connectivity index (χ1) is 10.3. The third kappa shape index (κ3) is 3.30. The fourth-order valence-electron chi connectivity index (χ4n) is 3.43.